The number of piperidine rings is 1. The summed E-state index contributed by atoms with van der Waals surface area (Å²) in [5.41, 5.74) is 0. The predicted molar refractivity (Wildman–Crippen MR) is 79.2 cm³/mol. The van der Waals surface area contributed by atoms with E-state index < -0.39 is 5.79 Å². The highest BCUT2D eigenvalue weighted by Crippen LogP contribution is 2.31. The highest BCUT2D eigenvalue weighted by Gasteiger charge is 2.40. The number of likely N-dealkylation sites (tertiary alicyclic amines) is 1. The lowest BCUT2D eigenvalue weighted by Gasteiger charge is -2.37. The van der Waals surface area contributed by atoms with Crippen LogP contribution in [0.15, 0.2) is 0 Å². The average Bonchev–Trinajstić information content (AvgIpc) is 2.95. The van der Waals surface area contributed by atoms with Crippen LogP contribution in [0.25, 0.3) is 0 Å². The van der Waals surface area contributed by atoms with Crippen molar-refractivity contribution in [2.75, 3.05) is 53.1 Å². The number of hydrogen-bond donors (Lipinski definition) is 0. The predicted octanol–water partition coefficient (Wildman–Crippen LogP) is 0.237. The molecule has 2 saturated heterocycles. The molecule has 0 aromatic rings. The van der Waals surface area contributed by atoms with Crippen molar-refractivity contribution in [3.05, 3.63) is 0 Å². The first kappa shape index (κ1) is 17.2. The zero-order chi connectivity index (χ0) is 16.0. The van der Waals surface area contributed by atoms with Crippen molar-refractivity contribution in [2.45, 2.75) is 32.0 Å². The second kappa shape index (κ2) is 7.89. The molecule has 0 unspecified atom stereocenters. The van der Waals surface area contributed by atoms with Gasteiger partial charge in [-0.25, -0.2) is 0 Å². The summed E-state index contributed by atoms with van der Waals surface area (Å²) in [5.74, 6) is -0.410. The summed E-state index contributed by atoms with van der Waals surface area (Å²) in [7, 11) is 1.60. The smallest absolute Gasteiger partial charge is 0.224 e. The highest BCUT2D eigenvalue weighted by atomic mass is 16.7. The molecule has 22 heavy (non-hydrogen) atoms. The second-order valence-corrected chi connectivity index (χ2v) is 5.74. The minimum atomic E-state index is -0.458. The standard InChI is InChI=1S/C15H26N2O5/c1-13(18)16(9-10-20-2)6-3-14(19)17-7-4-15(5-8-17)21-11-12-22-15/h3-12H2,1-2H3. The van der Waals surface area contributed by atoms with Gasteiger partial charge in [-0.3, -0.25) is 9.59 Å². The number of hydrogen-bond acceptors (Lipinski definition) is 5. The van der Waals surface area contributed by atoms with Gasteiger partial charge in [0, 0.05) is 59.5 Å². The lowest BCUT2D eigenvalue weighted by atomic mass is 10.0. The van der Waals surface area contributed by atoms with E-state index in [4.69, 9.17) is 14.2 Å². The Kier molecular flexibility index (Phi) is 6.16. The van der Waals surface area contributed by atoms with Crippen LogP contribution in [0.5, 0.6) is 0 Å². The fourth-order valence-electron chi connectivity index (χ4n) is 2.90. The number of nitrogens with zero attached hydrogens (tertiary/aromatic N) is 2. The third kappa shape index (κ3) is 4.41. The molecule has 0 atom stereocenters. The van der Waals surface area contributed by atoms with E-state index in [0.717, 1.165) is 12.8 Å². The first-order valence-electron chi connectivity index (χ1n) is 7.86. The number of amides is 2. The monoisotopic (exact) mass is 314 g/mol. The van der Waals surface area contributed by atoms with E-state index in [1.807, 2.05) is 4.90 Å². The third-order valence-electron chi connectivity index (χ3n) is 4.30. The average molecular weight is 314 g/mol. The maximum absolute atomic E-state index is 12.3. The number of rotatable bonds is 6. The van der Waals surface area contributed by atoms with E-state index in [9.17, 15) is 9.59 Å². The van der Waals surface area contributed by atoms with Gasteiger partial charge in [0.25, 0.3) is 0 Å². The van der Waals surface area contributed by atoms with Crippen molar-refractivity contribution >= 4 is 11.8 Å². The molecule has 0 aliphatic carbocycles. The Morgan fingerprint density at radius 1 is 1.18 bits per heavy atom. The summed E-state index contributed by atoms with van der Waals surface area (Å²) < 4.78 is 16.3. The molecule has 2 aliphatic heterocycles. The summed E-state index contributed by atoms with van der Waals surface area (Å²) in [6.07, 6.45) is 1.79. The molecule has 1 spiro atoms. The quantitative estimate of drug-likeness (QED) is 0.702. The molecule has 0 bridgehead atoms. The molecule has 2 rings (SSSR count). The van der Waals surface area contributed by atoms with Crippen LogP contribution in [0.1, 0.15) is 26.2 Å². The zero-order valence-corrected chi connectivity index (χ0v) is 13.5. The fraction of sp³-hybridized carbons (Fsp3) is 0.867. The van der Waals surface area contributed by atoms with Gasteiger partial charge in [0.15, 0.2) is 5.79 Å². The molecule has 0 aromatic carbocycles. The molecule has 2 aliphatic rings. The normalized spacial score (nSPS) is 20.4. The van der Waals surface area contributed by atoms with Gasteiger partial charge in [-0.1, -0.05) is 0 Å². The number of methoxy groups -OCH3 is 1. The molecule has 2 amide bonds. The van der Waals surface area contributed by atoms with Crippen molar-refractivity contribution in [3.8, 4) is 0 Å². The van der Waals surface area contributed by atoms with Crippen LogP contribution >= 0.6 is 0 Å². The number of carbonyl (C=O) groups is 2. The Labute approximate surface area is 131 Å². The zero-order valence-electron chi connectivity index (χ0n) is 13.5. The van der Waals surface area contributed by atoms with Gasteiger partial charge in [0.1, 0.15) is 0 Å². The summed E-state index contributed by atoms with van der Waals surface area (Å²) >= 11 is 0. The van der Waals surface area contributed by atoms with Crippen molar-refractivity contribution in [3.63, 3.8) is 0 Å². The van der Waals surface area contributed by atoms with E-state index in [1.54, 1.807) is 12.0 Å². The first-order chi connectivity index (χ1) is 10.6. The molecule has 7 heteroatoms. The maximum Gasteiger partial charge on any atom is 0.224 e. The Bertz CT molecular complexity index is 385. The summed E-state index contributed by atoms with van der Waals surface area (Å²) in [6.45, 7) is 5.53. The minimum absolute atomic E-state index is 0.0322. The summed E-state index contributed by atoms with van der Waals surface area (Å²) in [5, 5.41) is 0. The minimum Gasteiger partial charge on any atom is -0.383 e. The van der Waals surface area contributed by atoms with Crippen molar-refractivity contribution in [1.82, 2.24) is 9.80 Å². The Morgan fingerprint density at radius 3 is 2.36 bits per heavy atom. The van der Waals surface area contributed by atoms with Crippen LogP contribution in [0.2, 0.25) is 0 Å². The van der Waals surface area contributed by atoms with Crippen molar-refractivity contribution in [1.29, 1.82) is 0 Å². The molecule has 0 saturated carbocycles. The van der Waals surface area contributed by atoms with Gasteiger partial charge in [0.2, 0.25) is 11.8 Å². The fourth-order valence-corrected chi connectivity index (χ4v) is 2.90. The van der Waals surface area contributed by atoms with E-state index in [1.165, 1.54) is 6.92 Å². The molecular weight excluding hydrogens is 288 g/mol. The topological polar surface area (TPSA) is 68.3 Å². The third-order valence-corrected chi connectivity index (χ3v) is 4.30. The van der Waals surface area contributed by atoms with Crippen molar-refractivity contribution in [2.24, 2.45) is 0 Å². The molecule has 2 heterocycles. The number of ether oxygens (including phenoxy) is 3. The second-order valence-electron chi connectivity index (χ2n) is 5.74. The molecular formula is C15H26N2O5. The Balaban J connectivity index is 1.74. The van der Waals surface area contributed by atoms with Gasteiger partial charge >= 0.3 is 0 Å². The van der Waals surface area contributed by atoms with Crippen LogP contribution in [0.4, 0.5) is 0 Å². The molecule has 7 nitrogen and oxygen atoms in total. The number of carbonyl (C=O) groups excluding carboxylic acids is 2. The van der Waals surface area contributed by atoms with Crippen LogP contribution in [0, 0.1) is 0 Å². The maximum atomic E-state index is 12.3. The van der Waals surface area contributed by atoms with Gasteiger partial charge in [-0.15, -0.1) is 0 Å². The summed E-state index contributed by atoms with van der Waals surface area (Å²) in [6, 6.07) is 0. The van der Waals surface area contributed by atoms with Crippen LogP contribution < -0.4 is 0 Å². The van der Waals surface area contributed by atoms with Crippen LogP contribution in [-0.2, 0) is 23.8 Å². The Hall–Kier alpha value is -1.18. The van der Waals surface area contributed by atoms with Crippen LogP contribution in [-0.4, -0.2) is 80.5 Å². The molecule has 0 N–H and O–H groups in total. The van der Waals surface area contributed by atoms with Crippen molar-refractivity contribution < 1.29 is 23.8 Å². The van der Waals surface area contributed by atoms with Crippen LogP contribution in [0.3, 0.4) is 0 Å². The van der Waals surface area contributed by atoms with E-state index in [2.05, 4.69) is 0 Å². The molecule has 0 radical (unpaired) electrons. The summed E-state index contributed by atoms with van der Waals surface area (Å²) in [4.78, 5) is 27.3. The first-order valence-corrected chi connectivity index (χ1v) is 7.86. The molecule has 2 fully saturated rings. The van der Waals surface area contributed by atoms with E-state index >= 15 is 0 Å². The van der Waals surface area contributed by atoms with Gasteiger partial charge in [0.05, 0.1) is 19.8 Å². The van der Waals surface area contributed by atoms with E-state index in [0.29, 0.717) is 52.4 Å². The van der Waals surface area contributed by atoms with Gasteiger partial charge in [-0.05, 0) is 0 Å². The largest absolute Gasteiger partial charge is 0.383 e. The lowest BCUT2D eigenvalue weighted by molar-refractivity contribution is -0.187. The molecule has 0 aromatic heterocycles. The lowest BCUT2D eigenvalue weighted by Crippen LogP contribution is -2.48. The highest BCUT2D eigenvalue weighted by molar-refractivity contribution is 5.78. The SMILES string of the molecule is COCCN(CCC(=O)N1CCC2(CC1)OCCO2)C(C)=O. The molecule has 126 valence electrons. The van der Waals surface area contributed by atoms with Gasteiger partial charge in [-0.2, -0.15) is 0 Å². The van der Waals surface area contributed by atoms with Gasteiger partial charge < -0.3 is 24.0 Å². The van der Waals surface area contributed by atoms with E-state index in [-0.39, 0.29) is 11.8 Å². The Morgan fingerprint density at radius 2 is 1.82 bits per heavy atom.